The Labute approximate surface area is 172 Å². The lowest BCUT2D eigenvalue weighted by Crippen LogP contribution is -1.99. The predicted molar refractivity (Wildman–Crippen MR) is 121 cm³/mol. The van der Waals surface area contributed by atoms with Crippen LogP contribution in [-0.4, -0.2) is 15.9 Å². The first-order valence-corrected chi connectivity index (χ1v) is 9.69. The molecule has 0 saturated carbocycles. The SMILES string of the molecule is CC(=Nc1c(C)cc(Cc2cc(C)c(N)c(C)c2)cc1C)c1ccc(O)cc1O. The van der Waals surface area contributed by atoms with E-state index in [1.807, 2.05) is 20.8 Å². The van der Waals surface area contributed by atoms with Crippen LogP contribution in [0.4, 0.5) is 11.4 Å². The lowest BCUT2D eigenvalue weighted by Gasteiger charge is -2.13. The number of hydrogen-bond donors (Lipinski definition) is 3. The minimum Gasteiger partial charge on any atom is -0.508 e. The summed E-state index contributed by atoms with van der Waals surface area (Å²) >= 11 is 0. The van der Waals surface area contributed by atoms with Crippen LogP contribution in [-0.2, 0) is 6.42 Å². The number of phenols is 2. The van der Waals surface area contributed by atoms with Gasteiger partial charge < -0.3 is 15.9 Å². The third kappa shape index (κ3) is 4.43. The summed E-state index contributed by atoms with van der Waals surface area (Å²) in [6.07, 6.45) is 0.839. The van der Waals surface area contributed by atoms with E-state index in [0.29, 0.717) is 11.3 Å². The minimum atomic E-state index is 0.0206. The molecule has 3 rings (SSSR count). The summed E-state index contributed by atoms with van der Waals surface area (Å²) in [5.74, 6) is 0.0520. The van der Waals surface area contributed by atoms with E-state index in [-0.39, 0.29) is 11.5 Å². The van der Waals surface area contributed by atoms with Crippen molar-refractivity contribution < 1.29 is 10.2 Å². The molecule has 0 atom stereocenters. The standard InChI is InChI=1S/C25H28N2O2/c1-14-8-19(9-15(2)24(14)26)12-20-10-16(3)25(17(4)11-20)27-18(5)22-7-6-21(28)13-23(22)29/h6-11,13,28-29H,12,26H2,1-5H3. The molecule has 0 fully saturated rings. The molecule has 0 spiro atoms. The van der Waals surface area contributed by atoms with Crippen LogP contribution in [0.1, 0.15) is 45.9 Å². The highest BCUT2D eigenvalue weighted by Gasteiger charge is 2.10. The third-order valence-electron chi connectivity index (χ3n) is 5.26. The molecular weight excluding hydrogens is 360 g/mol. The van der Waals surface area contributed by atoms with Crippen LogP contribution in [0.2, 0.25) is 0 Å². The predicted octanol–water partition coefficient (Wildman–Crippen LogP) is 5.65. The topological polar surface area (TPSA) is 78.8 Å². The van der Waals surface area contributed by atoms with E-state index in [9.17, 15) is 10.2 Å². The fourth-order valence-electron chi connectivity index (χ4n) is 3.78. The zero-order chi connectivity index (χ0) is 21.3. The highest BCUT2D eigenvalue weighted by molar-refractivity contribution is 6.02. The zero-order valence-corrected chi connectivity index (χ0v) is 17.7. The van der Waals surface area contributed by atoms with Gasteiger partial charge in [-0.1, -0.05) is 24.3 Å². The Bertz CT molecular complexity index is 1070. The van der Waals surface area contributed by atoms with Crippen LogP contribution in [0.3, 0.4) is 0 Å². The molecule has 0 aliphatic heterocycles. The number of benzene rings is 3. The van der Waals surface area contributed by atoms with Crippen molar-refractivity contribution in [3.05, 3.63) is 81.4 Å². The summed E-state index contributed by atoms with van der Waals surface area (Å²) < 4.78 is 0. The lowest BCUT2D eigenvalue weighted by atomic mass is 9.96. The van der Waals surface area contributed by atoms with Gasteiger partial charge in [0.15, 0.2) is 0 Å². The van der Waals surface area contributed by atoms with Crippen molar-refractivity contribution in [2.24, 2.45) is 4.99 Å². The molecule has 4 nitrogen and oxygen atoms in total. The van der Waals surface area contributed by atoms with E-state index < -0.39 is 0 Å². The van der Waals surface area contributed by atoms with Gasteiger partial charge in [-0.2, -0.15) is 0 Å². The van der Waals surface area contributed by atoms with Crippen molar-refractivity contribution in [1.29, 1.82) is 0 Å². The number of hydrogen-bond acceptors (Lipinski definition) is 4. The summed E-state index contributed by atoms with van der Waals surface area (Å²) in [4.78, 5) is 4.77. The number of anilines is 1. The Balaban J connectivity index is 1.93. The number of aryl methyl sites for hydroxylation is 4. The monoisotopic (exact) mass is 388 g/mol. The fraction of sp³-hybridized carbons (Fsp3) is 0.240. The van der Waals surface area contributed by atoms with Crippen molar-refractivity contribution >= 4 is 17.1 Å². The molecule has 0 saturated heterocycles. The molecule has 150 valence electrons. The Morgan fingerprint density at radius 3 is 1.86 bits per heavy atom. The van der Waals surface area contributed by atoms with Crippen LogP contribution < -0.4 is 5.73 Å². The van der Waals surface area contributed by atoms with Crippen molar-refractivity contribution in [3.8, 4) is 11.5 Å². The number of phenolic OH excluding ortho intramolecular Hbond substituents is 2. The highest BCUT2D eigenvalue weighted by Crippen LogP contribution is 2.30. The largest absolute Gasteiger partial charge is 0.508 e. The summed E-state index contributed by atoms with van der Waals surface area (Å²) in [6.45, 7) is 10.1. The molecule has 3 aromatic rings. The maximum absolute atomic E-state index is 10.1. The maximum atomic E-state index is 10.1. The van der Waals surface area contributed by atoms with E-state index in [1.54, 1.807) is 12.1 Å². The number of nitrogen functional groups attached to an aromatic ring is 1. The number of nitrogens with zero attached hydrogens (tertiary/aromatic N) is 1. The van der Waals surface area contributed by atoms with Gasteiger partial charge in [0.1, 0.15) is 11.5 Å². The Hall–Kier alpha value is -3.27. The first-order valence-electron chi connectivity index (χ1n) is 9.69. The van der Waals surface area contributed by atoms with E-state index in [1.165, 1.54) is 17.2 Å². The maximum Gasteiger partial charge on any atom is 0.128 e. The van der Waals surface area contributed by atoms with Gasteiger partial charge in [-0.25, -0.2) is 0 Å². The Morgan fingerprint density at radius 2 is 1.34 bits per heavy atom. The summed E-state index contributed by atoms with van der Waals surface area (Å²) in [5, 5.41) is 19.6. The molecule has 4 N–H and O–H groups in total. The smallest absolute Gasteiger partial charge is 0.128 e. The number of aliphatic imine (C=N–C) groups is 1. The normalized spacial score (nSPS) is 11.7. The van der Waals surface area contributed by atoms with Crippen LogP contribution in [0, 0.1) is 27.7 Å². The summed E-state index contributed by atoms with van der Waals surface area (Å²) in [7, 11) is 0. The first kappa shape index (κ1) is 20.5. The van der Waals surface area contributed by atoms with E-state index >= 15 is 0 Å². The van der Waals surface area contributed by atoms with Gasteiger partial charge in [-0.15, -0.1) is 0 Å². The van der Waals surface area contributed by atoms with Crippen LogP contribution >= 0.6 is 0 Å². The lowest BCUT2D eigenvalue weighted by molar-refractivity contribution is 0.450. The molecule has 3 aromatic carbocycles. The number of nitrogens with two attached hydrogens (primary N) is 1. The second-order valence-corrected chi connectivity index (χ2v) is 7.80. The van der Waals surface area contributed by atoms with E-state index in [0.717, 1.165) is 40.0 Å². The quantitative estimate of drug-likeness (QED) is 0.399. The number of aromatic hydroxyl groups is 2. The van der Waals surface area contributed by atoms with Gasteiger partial charge in [-0.3, -0.25) is 4.99 Å². The van der Waals surface area contributed by atoms with Crippen LogP contribution in [0.5, 0.6) is 11.5 Å². The highest BCUT2D eigenvalue weighted by atomic mass is 16.3. The van der Waals surface area contributed by atoms with Gasteiger partial charge >= 0.3 is 0 Å². The van der Waals surface area contributed by atoms with Gasteiger partial charge in [0.25, 0.3) is 0 Å². The molecule has 0 bridgehead atoms. The van der Waals surface area contributed by atoms with Gasteiger partial charge in [0, 0.05) is 23.0 Å². The second-order valence-electron chi connectivity index (χ2n) is 7.80. The molecule has 29 heavy (non-hydrogen) atoms. The summed E-state index contributed by atoms with van der Waals surface area (Å²) in [6, 6.07) is 13.2. The van der Waals surface area contributed by atoms with Crippen molar-refractivity contribution in [2.45, 2.75) is 41.0 Å². The average molecular weight is 389 g/mol. The molecule has 0 amide bonds. The second kappa shape index (κ2) is 8.00. The van der Waals surface area contributed by atoms with Crippen molar-refractivity contribution in [1.82, 2.24) is 0 Å². The Kier molecular flexibility index (Phi) is 5.64. The minimum absolute atomic E-state index is 0.0206. The van der Waals surface area contributed by atoms with Gasteiger partial charge in [0.2, 0.25) is 0 Å². The summed E-state index contributed by atoms with van der Waals surface area (Å²) in [5.41, 5.74) is 16.0. The van der Waals surface area contributed by atoms with E-state index in [4.69, 9.17) is 10.7 Å². The van der Waals surface area contributed by atoms with E-state index in [2.05, 4.69) is 38.1 Å². The molecule has 0 aliphatic carbocycles. The molecule has 0 heterocycles. The van der Waals surface area contributed by atoms with Crippen LogP contribution in [0.15, 0.2) is 47.5 Å². The van der Waals surface area contributed by atoms with Crippen molar-refractivity contribution in [3.63, 3.8) is 0 Å². The molecule has 0 aliphatic rings. The molecule has 0 aromatic heterocycles. The molecular formula is C25H28N2O2. The van der Waals surface area contributed by atoms with Crippen molar-refractivity contribution in [2.75, 3.05) is 5.73 Å². The number of rotatable bonds is 4. The first-order chi connectivity index (χ1) is 13.7. The van der Waals surface area contributed by atoms with Gasteiger partial charge in [-0.05, 0) is 86.6 Å². The molecule has 0 unspecified atom stereocenters. The molecule has 0 radical (unpaired) electrons. The van der Waals surface area contributed by atoms with Crippen LogP contribution in [0.25, 0.3) is 0 Å². The fourth-order valence-corrected chi connectivity index (χ4v) is 3.78. The Morgan fingerprint density at radius 1 is 0.828 bits per heavy atom. The third-order valence-corrected chi connectivity index (χ3v) is 5.26. The van der Waals surface area contributed by atoms with Gasteiger partial charge in [0.05, 0.1) is 5.69 Å². The average Bonchev–Trinajstić information content (AvgIpc) is 2.62. The zero-order valence-electron chi connectivity index (χ0n) is 17.7. The molecule has 4 heteroatoms.